The number of piperidine rings is 1. The van der Waals surface area contributed by atoms with Crippen molar-refractivity contribution in [3.05, 3.63) is 34.9 Å². The van der Waals surface area contributed by atoms with Crippen LogP contribution in [0.3, 0.4) is 0 Å². The number of sulfonamides is 1. The fourth-order valence-electron chi connectivity index (χ4n) is 2.81. The van der Waals surface area contributed by atoms with Crippen LogP contribution in [0.25, 0.3) is 0 Å². The molecule has 0 bridgehead atoms. The lowest BCUT2D eigenvalue weighted by Crippen LogP contribution is -2.46. The molecule has 1 heterocycles. The van der Waals surface area contributed by atoms with Crippen molar-refractivity contribution in [2.45, 2.75) is 45.4 Å². The summed E-state index contributed by atoms with van der Waals surface area (Å²) in [6.07, 6.45) is 1.11. The molecule has 0 aromatic heterocycles. The lowest BCUT2D eigenvalue weighted by atomic mass is 9.96. The minimum Gasteiger partial charge on any atom is -0.353 e. The summed E-state index contributed by atoms with van der Waals surface area (Å²) in [5.74, 6) is 0.186. The molecule has 7 heteroatoms. The molecule has 1 aliphatic rings. The number of rotatable bonds is 6. The molecule has 0 unspecified atom stereocenters. The Morgan fingerprint density at radius 3 is 2.40 bits per heavy atom. The normalized spacial score (nSPS) is 18.3. The Hall–Kier alpha value is -1.11. The summed E-state index contributed by atoms with van der Waals surface area (Å²) in [7, 11) is -3.43. The summed E-state index contributed by atoms with van der Waals surface area (Å²) in [5.41, 5.74) is 0.606. The van der Waals surface area contributed by atoms with Crippen molar-refractivity contribution in [3.63, 3.8) is 0 Å². The molecule has 1 aliphatic heterocycles. The summed E-state index contributed by atoms with van der Waals surface area (Å²) >= 11 is 6.07. The van der Waals surface area contributed by atoms with Gasteiger partial charge < -0.3 is 5.32 Å². The number of halogens is 1. The summed E-state index contributed by atoms with van der Waals surface area (Å²) in [5, 5.41) is 3.49. The summed E-state index contributed by atoms with van der Waals surface area (Å²) in [6.45, 7) is 6.87. The van der Waals surface area contributed by atoms with Gasteiger partial charge >= 0.3 is 0 Å². The molecule has 140 valence electrons. The second-order valence-corrected chi connectivity index (χ2v) is 9.44. The van der Waals surface area contributed by atoms with Gasteiger partial charge in [-0.05, 0) is 37.3 Å². The van der Waals surface area contributed by atoms with Crippen molar-refractivity contribution in [1.29, 1.82) is 0 Å². The van der Waals surface area contributed by atoms with Gasteiger partial charge in [-0.3, -0.25) is 4.79 Å². The van der Waals surface area contributed by atoms with Crippen molar-refractivity contribution in [2.24, 2.45) is 11.8 Å². The van der Waals surface area contributed by atoms with Crippen molar-refractivity contribution < 1.29 is 13.2 Å². The summed E-state index contributed by atoms with van der Waals surface area (Å²) in [6, 6.07) is 7.10. The van der Waals surface area contributed by atoms with Crippen LogP contribution in [0, 0.1) is 11.8 Å². The van der Waals surface area contributed by atoms with Crippen molar-refractivity contribution >= 4 is 27.5 Å². The quantitative estimate of drug-likeness (QED) is 0.817. The zero-order valence-electron chi connectivity index (χ0n) is 15.0. The molecule has 0 saturated carbocycles. The topological polar surface area (TPSA) is 66.5 Å². The lowest BCUT2D eigenvalue weighted by Gasteiger charge is -2.31. The van der Waals surface area contributed by atoms with Gasteiger partial charge in [0.05, 0.1) is 5.75 Å². The van der Waals surface area contributed by atoms with Gasteiger partial charge in [-0.2, -0.15) is 0 Å². The minimum atomic E-state index is -3.43. The second-order valence-electron chi connectivity index (χ2n) is 7.06. The number of hydrogen-bond acceptors (Lipinski definition) is 3. The fraction of sp³-hybridized carbons (Fsp3) is 0.611. The van der Waals surface area contributed by atoms with Gasteiger partial charge in [-0.15, -0.1) is 0 Å². The molecule has 25 heavy (non-hydrogen) atoms. The molecule has 0 aliphatic carbocycles. The van der Waals surface area contributed by atoms with Crippen LogP contribution in [0.1, 0.15) is 39.2 Å². The number of nitrogens with zero attached hydrogens (tertiary/aromatic N) is 1. The molecule has 1 saturated heterocycles. The first-order chi connectivity index (χ1) is 11.7. The fourth-order valence-corrected chi connectivity index (χ4v) is 4.68. The highest BCUT2D eigenvalue weighted by molar-refractivity contribution is 7.88. The van der Waals surface area contributed by atoms with E-state index in [1.807, 2.05) is 6.92 Å². The van der Waals surface area contributed by atoms with E-state index in [1.54, 1.807) is 24.3 Å². The van der Waals surface area contributed by atoms with Gasteiger partial charge in [0, 0.05) is 30.1 Å². The maximum Gasteiger partial charge on any atom is 0.223 e. The van der Waals surface area contributed by atoms with Crippen LogP contribution in [0.15, 0.2) is 24.3 Å². The monoisotopic (exact) mass is 386 g/mol. The first-order valence-corrected chi connectivity index (χ1v) is 10.7. The highest BCUT2D eigenvalue weighted by Gasteiger charge is 2.32. The standard InChI is InChI=1S/C18H27ClN2O3S/c1-13(2)14(3)20-18(22)15-8-10-21(11-9-15)25(23,24)12-16-6-4-5-7-17(16)19/h4-7,13-15H,8-12H2,1-3H3,(H,20,22)/t14-/m1/s1. The molecule has 0 spiro atoms. The Kier molecular flexibility index (Phi) is 6.88. The van der Waals surface area contributed by atoms with E-state index >= 15 is 0 Å². The molecule has 1 aromatic carbocycles. The van der Waals surface area contributed by atoms with Crippen LogP contribution in [0.5, 0.6) is 0 Å². The Balaban J connectivity index is 1.92. The molecule has 5 nitrogen and oxygen atoms in total. The van der Waals surface area contributed by atoms with Crippen molar-refractivity contribution in [1.82, 2.24) is 9.62 Å². The number of amides is 1. The van der Waals surface area contributed by atoms with Crippen molar-refractivity contribution in [2.75, 3.05) is 13.1 Å². The first kappa shape index (κ1) is 20.2. The summed E-state index contributed by atoms with van der Waals surface area (Å²) < 4.78 is 26.7. The van der Waals surface area contributed by atoms with E-state index in [9.17, 15) is 13.2 Å². The summed E-state index contributed by atoms with van der Waals surface area (Å²) in [4.78, 5) is 12.3. The van der Waals surface area contributed by atoms with Gasteiger partial charge in [0.15, 0.2) is 0 Å². The first-order valence-electron chi connectivity index (χ1n) is 8.72. The molecule has 1 atom stereocenters. The van der Waals surface area contributed by atoms with Crippen LogP contribution in [0.2, 0.25) is 5.02 Å². The zero-order valence-corrected chi connectivity index (χ0v) is 16.6. The van der Waals surface area contributed by atoms with E-state index in [0.29, 0.717) is 42.4 Å². The Bertz CT molecular complexity index is 698. The predicted molar refractivity (Wildman–Crippen MR) is 101 cm³/mol. The Morgan fingerprint density at radius 2 is 1.84 bits per heavy atom. The minimum absolute atomic E-state index is 0.0318. The van der Waals surface area contributed by atoms with Crippen LogP contribution in [0.4, 0.5) is 0 Å². The largest absolute Gasteiger partial charge is 0.353 e. The molecular formula is C18H27ClN2O3S. The average molecular weight is 387 g/mol. The van der Waals surface area contributed by atoms with Gasteiger partial charge in [0.25, 0.3) is 0 Å². The number of carbonyl (C=O) groups excluding carboxylic acids is 1. The van der Waals surface area contributed by atoms with E-state index in [4.69, 9.17) is 11.6 Å². The highest BCUT2D eigenvalue weighted by atomic mass is 35.5. The molecule has 0 radical (unpaired) electrons. The van der Waals surface area contributed by atoms with E-state index in [1.165, 1.54) is 4.31 Å². The molecule has 1 amide bonds. The second kappa shape index (κ2) is 8.52. The smallest absolute Gasteiger partial charge is 0.223 e. The molecular weight excluding hydrogens is 360 g/mol. The molecule has 1 fully saturated rings. The number of hydrogen-bond donors (Lipinski definition) is 1. The predicted octanol–water partition coefficient (Wildman–Crippen LogP) is 3.04. The molecule has 1 N–H and O–H groups in total. The van der Waals surface area contributed by atoms with Gasteiger partial charge in [0.2, 0.25) is 15.9 Å². The third kappa shape index (κ3) is 5.43. The van der Waals surface area contributed by atoms with E-state index < -0.39 is 10.0 Å². The van der Waals surface area contributed by atoms with Crippen LogP contribution < -0.4 is 5.32 Å². The molecule has 1 aromatic rings. The highest BCUT2D eigenvalue weighted by Crippen LogP contribution is 2.24. The van der Waals surface area contributed by atoms with E-state index in [0.717, 1.165) is 0 Å². The third-order valence-electron chi connectivity index (χ3n) is 4.88. The molecule has 2 rings (SSSR count). The van der Waals surface area contributed by atoms with E-state index in [-0.39, 0.29) is 23.6 Å². The zero-order chi connectivity index (χ0) is 18.6. The number of carbonyl (C=O) groups is 1. The maximum atomic E-state index is 12.6. The van der Waals surface area contributed by atoms with Crippen LogP contribution in [-0.2, 0) is 20.6 Å². The SMILES string of the molecule is CC(C)[C@@H](C)NC(=O)C1CCN(S(=O)(=O)Cc2ccccc2Cl)CC1. The van der Waals surface area contributed by atoms with Crippen molar-refractivity contribution in [3.8, 4) is 0 Å². The van der Waals surface area contributed by atoms with Gasteiger partial charge in [-0.1, -0.05) is 43.6 Å². The maximum absolute atomic E-state index is 12.6. The Labute approximate surface area is 155 Å². The van der Waals surface area contributed by atoms with Gasteiger partial charge in [0.1, 0.15) is 0 Å². The van der Waals surface area contributed by atoms with Crippen LogP contribution >= 0.6 is 11.6 Å². The lowest BCUT2D eigenvalue weighted by molar-refractivity contribution is -0.127. The average Bonchev–Trinajstić information content (AvgIpc) is 2.56. The number of nitrogens with one attached hydrogen (secondary N) is 1. The van der Waals surface area contributed by atoms with Gasteiger partial charge in [-0.25, -0.2) is 12.7 Å². The van der Waals surface area contributed by atoms with E-state index in [2.05, 4.69) is 19.2 Å². The Morgan fingerprint density at radius 1 is 1.24 bits per heavy atom. The number of benzene rings is 1. The third-order valence-corrected chi connectivity index (χ3v) is 7.08. The van der Waals surface area contributed by atoms with Crippen LogP contribution in [-0.4, -0.2) is 37.8 Å².